The van der Waals surface area contributed by atoms with Crippen LogP contribution in [0.1, 0.15) is 85.0 Å². The molecule has 2 unspecified atom stereocenters. The van der Waals surface area contributed by atoms with E-state index in [-0.39, 0.29) is 28.8 Å². The van der Waals surface area contributed by atoms with Crippen molar-refractivity contribution in [3.8, 4) is 0 Å². The van der Waals surface area contributed by atoms with Gasteiger partial charge in [0.1, 0.15) is 4.90 Å². The van der Waals surface area contributed by atoms with Crippen LogP contribution in [0.15, 0.2) is 71.6 Å². The van der Waals surface area contributed by atoms with E-state index in [1.54, 1.807) is 24.3 Å². The van der Waals surface area contributed by atoms with E-state index in [0.29, 0.717) is 17.7 Å². The van der Waals surface area contributed by atoms with Crippen molar-refractivity contribution >= 4 is 33.5 Å². The number of hydrogen-bond acceptors (Lipinski definition) is 5. The summed E-state index contributed by atoms with van der Waals surface area (Å²) >= 11 is 0. The number of carboxylic acid groups (broad SMARTS) is 1. The molecule has 0 aromatic heterocycles. The molecule has 1 aliphatic carbocycles. The van der Waals surface area contributed by atoms with Gasteiger partial charge in [0.25, 0.3) is 15.9 Å². The number of nitrogens with one attached hydrogen (secondary N) is 1. The van der Waals surface area contributed by atoms with E-state index in [0.717, 1.165) is 46.7 Å². The standard InChI is InChI=1S/C35H40N2O6S/c1-22-26(20-28(34(40)41)35(2,3)4)12-9-14-29(22)36-32(38)31(24-10-5-6-11-24)25-18-16-23(17-19-25)21-37-33(39)27-13-7-8-15-30(27)44(37,42)43/h7-9,12-19,24,28,31H,5-6,10-11,20-21H2,1-4H3,(H,36,38)(H,40,41). The predicted molar refractivity (Wildman–Crippen MR) is 169 cm³/mol. The highest BCUT2D eigenvalue weighted by Gasteiger charge is 2.41. The number of carbonyl (C=O) groups is 3. The molecule has 2 amide bonds. The van der Waals surface area contributed by atoms with Gasteiger partial charge < -0.3 is 10.4 Å². The molecule has 232 valence electrons. The Labute approximate surface area is 259 Å². The zero-order chi connectivity index (χ0) is 31.8. The van der Waals surface area contributed by atoms with E-state index in [2.05, 4.69) is 5.32 Å². The van der Waals surface area contributed by atoms with Crippen LogP contribution in [-0.4, -0.2) is 35.6 Å². The fourth-order valence-corrected chi connectivity index (χ4v) is 8.10. The Morgan fingerprint density at radius 3 is 2.25 bits per heavy atom. The van der Waals surface area contributed by atoms with Gasteiger partial charge in [-0.05, 0) is 78.0 Å². The number of benzene rings is 3. The lowest BCUT2D eigenvalue weighted by Crippen LogP contribution is -2.31. The van der Waals surface area contributed by atoms with Gasteiger partial charge >= 0.3 is 5.97 Å². The Kier molecular flexibility index (Phi) is 8.71. The molecule has 3 aromatic carbocycles. The highest BCUT2D eigenvalue weighted by molar-refractivity contribution is 7.90. The summed E-state index contributed by atoms with van der Waals surface area (Å²) in [5.41, 5.74) is 3.66. The maximum Gasteiger partial charge on any atom is 0.307 e. The lowest BCUT2D eigenvalue weighted by atomic mass is 9.76. The molecule has 5 rings (SSSR count). The quantitative estimate of drug-likeness (QED) is 0.282. The average Bonchev–Trinajstić information content (AvgIpc) is 3.56. The van der Waals surface area contributed by atoms with Crippen molar-refractivity contribution < 1.29 is 27.9 Å². The Morgan fingerprint density at radius 1 is 0.977 bits per heavy atom. The second-order valence-corrected chi connectivity index (χ2v) is 14.9. The van der Waals surface area contributed by atoms with E-state index in [9.17, 15) is 27.9 Å². The minimum atomic E-state index is -3.92. The van der Waals surface area contributed by atoms with Gasteiger partial charge in [-0.15, -0.1) is 0 Å². The van der Waals surface area contributed by atoms with Crippen molar-refractivity contribution in [1.82, 2.24) is 4.31 Å². The fourth-order valence-electron chi connectivity index (χ4n) is 6.55. The van der Waals surface area contributed by atoms with E-state index in [1.165, 1.54) is 12.1 Å². The number of hydrogen-bond donors (Lipinski definition) is 2. The number of aliphatic carboxylic acids is 1. The molecule has 1 saturated carbocycles. The summed E-state index contributed by atoms with van der Waals surface area (Å²) in [6.45, 7) is 7.59. The smallest absolute Gasteiger partial charge is 0.307 e. The minimum absolute atomic E-state index is 0.0239. The Morgan fingerprint density at radius 2 is 1.64 bits per heavy atom. The molecule has 1 fully saturated rings. The second-order valence-electron chi connectivity index (χ2n) is 13.1. The van der Waals surface area contributed by atoms with Crippen molar-refractivity contribution in [2.45, 2.75) is 77.2 Å². The van der Waals surface area contributed by atoms with Crippen molar-refractivity contribution in [3.05, 3.63) is 94.5 Å². The molecule has 2 N–H and O–H groups in total. The molecule has 0 spiro atoms. The summed E-state index contributed by atoms with van der Waals surface area (Å²) in [5.74, 6) is -2.32. The summed E-state index contributed by atoms with van der Waals surface area (Å²) in [4.78, 5) is 38.9. The van der Waals surface area contributed by atoms with Crippen molar-refractivity contribution in [2.75, 3.05) is 5.32 Å². The maximum absolute atomic E-state index is 13.9. The third kappa shape index (κ3) is 6.15. The average molecular weight is 617 g/mol. The topological polar surface area (TPSA) is 121 Å². The number of anilines is 1. The fraction of sp³-hybridized carbons (Fsp3) is 0.400. The molecule has 3 aromatic rings. The number of rotatable bonds is 9. The lowest BCUT2D eigenvalue weighted by molar-refractivity contribution is -0.145. The molecular weight excluding hydrogens is 576 g/mol. The first-order chi connectivity index (χ1) is 20.8. The van der Waals surface area contributed by atoms with Crippen LogP contribution >= 0.6 is 0 Å². The molecule has 1 aliphatic heterocycles. The zero-order valence-electron chi connectivity index (χ0n) is 25.7. The summed E-state index contributed by atoms with van der Waals surface area (Å²) in [7, 11) is -3.92. The van der Waals surface area contributed by atoms with Crippen LogP contribution < -0.4 is 5.32 Å². The number of sulfonamides is 1. The van der Waals surface area contributed by atoms with Gasteiger partial charge in [0, 0.05) is 5.69 Å². The van der Waals surface area contributed by atoms with Gasteiger partial charge in [0.05, 0.1) is 23.9 Å². The SMILES string of the molecule is Cc1c(CC(C(=O)O)C(C)(C)C)cccc1NC(=O)C(c1ccc(CN2C(=O)c3ccccc3S2(=O)=O)cc1)C1CCCC1. The minimum Gasteiger partial charge on any atom is -0.481 e. The van der Waals surface area contributed by atoms with E-state index in [1.807, 2.05) is 58.0 Å². The van der Waals surface area contributed by atoms with Crippen LogP contribution in [0.25, 0.3) is 0 Å². The van der Waals surface area contributed by atoms with Gasteiger partial charge in [-0.3, -0.25) is 14.4 Å². The third-order valence-electron chi connectivity index (χ3n) is 9.20. The van der Waals surface area contributed by atoms with Crippen LogP contribution in [0.2, 0.25) is 0 Å². The number of fused-ring (bicyclic) bond motifs is 1. The van der Waals surface area contributed by atoms with E-state index < -0.39 is 39.2 Å². The van der Waals surface area contributed by atoms with E-state index >= 15 is 0 Å². The molecular formula is C35H40N2O6S. The molecule has 8 nitrogen and oxygen atoms in total. The van der Waals surface area contributed by atoms with Gasteiger partial charge in [0.2, 0.25) is 5.91 Å². The number of amides is 2. The van der Waals surface area contributed by atoms with Crippen LogP contribution in [0, 0.1) is 24.2 Å². The van der Waals surface area contributed by atoms with Gasteiger partial charge in [-0.25, -0.2) is 12.7 Å². The molecule has 0 bridgehead atoms. The summed E-state index contributed by atoms with van der Waals surface area (Å²) in [6, 6.07) is 19.2. The normalized spacial score (nSPS) is 17.7. The number of carbonyl (C=O) groups excluding carboxylic acids is 2. The molecule has 0 saturated heterocycles. The van der Waals surface area contributed by atoms with Crippen LogP contribution in [0.4, 0.5) is 5.69 Å². The zero-order valence-corrected chi connectivity index (χ0v) is 26.5. The second kappa shape index (κ2) is 12.2. The molecule has 2 aliphatic rings. The van der Waals surface area contributed by atoms with Crippen molar-refractivity contribution in [2.24, 2.45) is 17.3 Å². The van der Waals surface area contributed by atoms with E-state index in [4.69, 9.17) is 0 Å². The summed E-state index contributed by atoms with van der Waals surface area (Å²) in [6.07, 6.45) is 4.34. The number of nitrogens with zero attached hydrogens (tertiary/aromatic N) is 1. The van der Waals surface area contributed by atoms with Gasteiger partial charge in [0.15, 0.2) is 0 Å². The molecule has 9 heteroatoms. The van der Waals surface area contributed by atoms with Gasteiger partial charge in [-0.2, -0.15) is 0 Å². The first-order valence-corrected chi connectivity index (χ1v) is 16.6. The first-order valence-electron chi connectivity index (χ1n) is 15.2. The Hall–Kier alpha value is -3.98. The van der Waals surface area contributed by atoms with Crippen LogP contribution in [0.3, 0.4) is 0 Å². The van der Waals surface area contributed by atoms with Crippen molar-refractivity contribution in [3.63, 3.8) is 0 Å². The number of carboxylic acids is 1. The maximum atomic E-state index is 13.9. The van der Waals surface area contributed by atoms with Crippen molar-refractivity contribution in [1.29, 1.82) is 0 Å². The highest BCUT2D eigenvalue weighted by Crippen LogP contribution is 2.39. The van der Waals surface area contributed by atoms with Crippen LogP contribution in [0.5, 0.6) is 0 Å². The summed E-state index contributed by atoms with van der Waals surface area (Å²) < 4.78 is 27.0. The summed E-state index contributed by atoms with van der Waals surface area (Å²) in [5, 5.41) is 13.0. The Balaban J connectivity index is 1.36. The molecule has 2 atom stereocenters. The monoisotopic (exact) mass is 616 g/mol. The largest absolute Gasteiger partial charge is 0.481 e. The molecule has 44 heavy (non-hydrogen) atoms. The highest BCUT2D eigenvalue weighted by atomic mass is 32.2. The van der Waals surface area contributed by atoms with Crippen LogP contribution in [-0.2, 0) is 32.6 Å². The molecule has 0 radical (unpaired) electrons. The lowest BCUT2D eigenvalue weighted by Gasteiger charge is -2.28. The molecule has 1 heterocycles. The third-order valence-corrected chi connectivity index (χ3v) is 11.0. The van der Waals surface area contributed by atoms with Gasteiger partial charge in [-0.1, -0.05) is 82.1 Å². The Bertz CT molecular complexity index is 1680. The predicted octanol–water partition coefficient (Wildman–Crippen LogP) is 6.54. The first kappa shape index (κ1) is 31.4.